The molecule has 2 aliphatic heterocycles. The fourth-order valence-corrected chi connectivity index (χ4v) is 5.45. The van der Waals surface area contributed by atoms with E-state index >= 15 is 0 Å². The van der Waals surface area contributed by atoms with Crippen LogP contribution in [0, 0.1) is 0 Å². The molecule has 0 N–H and O–H groups in total. The molecule has 0 bridgehead atoms. The molecule has 150 valence electrons. The lowest BCUT2D eigenvalue weighted by molar-refractivity contribution is -0.129. The van der Waals surface area contributed by atoms with Crippen LogP contribution in [0.5, 0.6) is 5.75 Å². The zero-order valence-corrected chi connectivity index (χ0v) is 17.0. The minimum absolute atomic E-state index is 0.0197. The zero-order chi connectivity index (χ0) is 19.3. The zero-order valence-electron chi connectivity index (χ0n) is 15.4. The first kappa shape index (κ1) is 20.4. The molecule has 2 aliphatic rings. The van der Waals surface area contributed by atoms with E-state index in [4.69, 9.17) is 9.47 Å². The van der Waals surface area contributed by atoms with E-state index in [1.54, 1.807) is 12.0 Å². The van der Waals surface area contributed by atoms with Gasteiger partial charge in [0.1, 0.15) is 5.75 Å². The van der Waals surface area contributed by atoms with E-state index in [9.17, 15) is 13.2 Å². The number of hydrogen-bond donors (Lipinski definition) is 0. The Balaban J connectivity index is 1.48. The van der Waals surface area contributed by atoms with Crippen LogP contribution in [-0.2, 0) is 19.7 Å². The molecule has 2 saturated heterocycles. The van der Waals surface area contributed by atoms with Crippen LogP contribution in [-0.4, -0.2) is 93.2 Å². The maximum absolute atomic E-state index is 12.7. The van der Waals surface area contributed by atoms with Gasteiger partial charge in [-0.05, 0) is 18.2 Å². The highest BCUT2D eigenvalue weighted by Crippen LogP contribution is 2.23. The summed E-state index contributed by atoms with van der Waals surface area (Å²) in [5.41, 5.74) is 0. The number of hydrogen-bond acceptors (Lipinski definition) is 6. The van der Waals surface area contributed by atoms with Crippen molar-refractivity contribution in [3.63, 3.8) is 0 Å². The van der Waals surface area contributed by atoms with Crippen molar-refractivity contribution in [2.45, 2.75) is 4.90 Å². The van der Waals surface area contributed by atoms with Crippen molar-refractivity contribution in [2.75, 3.05) is 65.3 Å². The smallest absolute Gasteiger partial charge is 0.282 e. The van der Waals surface area contributed by atoms with Gasteiger partial charge >= 0.3 is 0 Å². The quantitative estimate of drug-likeness (QED) is 0.630. The summed E-state index contributed by atoms with van der Waals surface area (Å²) in [7, 11) is -1.86. The van der Waals surface area contributed by atoms with Crippen molar-refractivity contribution < 1.29 is 22.7 Å². The average Bonchev–Trinajstić information content (AvgIpc) is 2.73. The summed E-state index contributed by atoms with van der Waals surface area (Å²) in [4.78, 5) is 15.2. The maximum atomic E-state index is 12.7. The number of methoxy groups -OCH3 is 1. The Morgan fingerprint density at radius 2 is 1.78 bits per heavy atom. The normalized spacial score (nSPS) is 19.8. The standard InChI is InChI=1S/C17H25N3O5S2/c1-24-15-3-2-4-16(13-15)26-14-17(21)18-5-7-19(8-6-18)27(22,23)20-9-11-25-12-10-20/h2-4,13H,5-12,14H2,1H3. The van der Waals surface area contributed by atoms with E-state index in [-0.39, 0.29) is 5.91 Å². The number of carbonyl (C=O) groups excluding carboxylic acids is 1. The predicted molar refractivity (Wildman–Crippen MR) is 103 cm³/mol. The molecule has 0 spiro atoms. The highest BCUT2D eigenvalue weighted by atomic mass is 32.2. The minimum Gasteiger partial charge on any atom is -0.497 e. The van der Waals surface area contributed by atoms with Crippen LogP contribution in [0.25, 0.3) is 0 Å². The second kappa shape index (κ2) is 9.24. The Bertz CT molecular complexity index is 745. The van der Waals surface area contributed by atoms with Crippen LogP contribution in [0.2, 0.25) is 0 Å². The molecule has 0 radical (unpaired) electrons. The van der Waals surface area contributed by atoms with Crippen LogP contribution < -0.4 is 4.74 Å². The number of benzene rings is 1. The Morgan fingerprint density at radius 3 is 2.44 bits per heavy atom. The van der Waals surface area contributed by atoms with Gasteiger partial charge in [-0.2, -0.15) is 17.0 Å². The predicted octanol–water partition coefficient (Wildman–Crippen LogP) is 0.509. The molecule has 1 aromatic carbocycles. The van der Waals surface area contributed by atoms with Gasteiger partial charge in [0.05, 0.1) is 26.1 Å². The van der Waals surface area contributed by atoms with Crippen LogP contribution in [0.1, 0.15) is 0 Å². The molecule has 10 heteroatoms. The van der Waals surface area contributed by atoms with Crippen molar-refractivity contribution in [3.8, 4) is 5.75 Å². The molecule has 0 aliphatic carbocycles. The summed E-state index contributed by atoms with van der Waals surface area (Å²) in [6.07, 6.45) is 0. The van der Waals surface area contributed by atoms with Gasteiger partial charge in [0.25, 0.3) is 10.2 Å². The van der Waals surface area contributed by atoms with Crippen LogP contribution in [0.4, 0.5) is 0 Å². The number of amides is 1. The molecule has 8 nitrogen and oxygen atoms in total. The van der Waals surface area contributed by atoms with Crippen LogP contribution in [0.3, 0.4) is 0 Å². The van der Waals surface area contributed by atoms with Crippen molar-refractivity contribution in [2.24, 2.45) is 0 Å². The number of rotatable bonds is 6. The molecular formula is C17H25N3O5S2. The molecule has 0 saturated carbocycles. The minimum atomic E-state index is -3.47. The van der Waals surface area contributed by atoms with Gasteiger partial charge in [-0.25, -0.2) is 0 Å². The molecule has 27 heavy (non-hydrogen) atoms. The summed E-state index contributed by atoms with van der Waals surface area (Å²) < 4.78 is 38.7. The van der Waals surface area contributed by atoms with Gasteiger partial charge < -0.3 is 14.4 Å². The highest BCUT2D eigenvalue weighted by molar-refractivity contribution is 8.00. The Labute approximate surface area is 164 Å². The van der Waals surface area contributed by atoms with E-state index in [1.165, 1.54) is 20.4 Å². The molecule has 0 atom stereocenters. The maximum Gasteiger partial charge on any atom is 0.282 e. The molecule has 2 fully saturated rings. The van der Waals surface area contributed by atoms with Gasteiger partial charge in [-0.3, -0.25) is 4.79 Å². The number of carbonyl (C=O) groups is 1. The molecule has 0 unspecified atom stereocenters. The van der Waals surface area contributed by atoms with Gasteiger partial charge in [0.15, 0.2) is 0 Å². The molecule has 0 aromatic heterocycles. The third-order valence-corrected chi connectivity index (χ3v) is 7.63. The van der Waals surface area contributed by atoms with Crippen molar-refractivity contribution in [1.29, 1.82) is 0 Å². The van der Waals surface area contributed by atoms with E-state index in [0.29, 0.717) is 58.2 Å². The van der Waals surface area contributed by atoms with Crippen LogP contribution in [0.15, 0.2) is 29.2 Å². The highest BCUT2D eigenvalue weighted by Gasteiger charge is 2.34. The SMILES string of the molecule is COc1cccc(SCC(=O)N2CCN(S(=O)(=O)N3CCOCC3)CC2)c1. The lowest BCUT2D eigenvalue weighted by Crippen LogP contribution is -2.56. The number of thioether (sulfide) groups is 1. The first-order chi connectivity index (χ1) is 13.0. The summed E-state index contributed by atoms with van der Waals surface area (Å²) in [6, 6.07) is 7.58. The van der Waals surface area contributed by atoms with E-state index in [0.717, 1.165) is 10.6 Å². The molecule has 3 rings (SSSR count). The first-order valence-corrected chi connectivity index (χ1v) is 11.3. The van der Waals surface area contributed by atoms with Crippen molar-refractivity contribution in [3.05, 3.63) is 24.3 Å². The number of piperazine rings is 1. The summed E-state index contributed by atoms with van der Waals surface area (Å²) >= 11 is 1.46. The van der Waals surface area contributed by atoms with Gasteiger partial charge in [0.2, 0.25) is 5.91 Å². The third kappa shape index (κ3) is 5.14. The molecule has 1 aromatic rings. The van der Waals surface area contributed by atoms with Crippen molar-refractivity contribution >= 4 is 27.9 Å². The van der Waals surface area contributed by atoms with Gasteiger partial charge in [0, 0.05) is 44.2 Å². The fraction of sp³-hybridized carbons (Fsp3) is 0.588. The lowest BCUT2D eigenvalue weighted by Gasteiger charge is -2.37. The van der Waals surface area contributed by atoms with Crippen molar-refractivity contribution in [1.82, 2.24) is 13.5 Å². The summed E-state index contributed by atoms with van der Waals surface area (Å²) in [5.74, 6) is 1.10. The lowest BCUT2D eigenvalue weighted by atomic mass is 10.3. The Kier molecular flexibility index (Phi) is 6.99. The average molecular weight is 416 g/mol. The fourth-order valence-electron chi connectivity index (χ4n) is 3.04. The third-order valence-electron chi connectivity index (χ3n) is 4.62. The Hall–Kier alpha value is -1.33. The number of ether oxygens (including phenoxy) is 2. The molecular weight excluding hydrogens is 390 g/mol. The van der Waals surface area contributed by atoms with Gasteiger partial charge in [-0.1, -0.05) is 6.07 Å². The summed E-state index contributed by atoms with van der Waals surface area (Å²) in [6.45, 7) is 3.13. The number of morpholine rings is 1. The number of nitrogens with zero attached hydrogens (tertiary/aromatic N) is 3. The van der Waals surface area contributed by atoms with E-state index < -0.39 is 10.2 Å². The first-order valence-electron chi connectivity index (χ1n) is 8.88. The van der Waals surface area contributed by atoms with Gasteiger partial charge in [-0.15, -0.1) is 11.8 Å². The Morgan fingerprint density at radius 1 is 1.11 bits per heavy atom. The second-order valence-electron chi connectivity index (χ2n) is 6.27. The topological polar surface area (TPSA) is 79.4 Å². The summed E-state index contributed by atoms with van der Waals surface area (Å²) in [5, 5.41) is 0. The molecule has 1 amide bonds. The van der Waals surface area contributed by atoms with Crippen LogP contribution >= 0.6 is 11.8 Å². The van der Waals surface area contributed by atoms with E-state index in [2.05, 4.69) is 0 Å². The second-order valence-corrected chi connectivity index (χ2v) is 9.24. The molecule has 2 heterocycles. The monoisotopic (exact) mass is 415 g/mol. The van der Waals surface area contributed by atoms with E-state index in [1.807, 2.05) is 24.3 Å². The largest absolute Gasteiger partial charge is 0.497 e.